The monoisotopic (exact) mass is 342 g/mol. The average Bonchev–Trinajstić information content (AvgIpc) is 3.04. The molecule has 3 amide bonds. The molecule has 1 saturated heterocycles. The van der Waals surface area contributed by atoms with Gasteiger partial charge in [-0.05, 0) is 54.7 Å². The molecular weight excluding hydrogens is 316 g/mol. The summed E-state index contributed by atoms with van der Waals surface area (Å²) in [7, 11) is 1.75. The Morgan fingerprint density at radius 3 is 2.48 bits per heavy atom. The van der Waals surface area contributed by atoms with E-state index in [0.29, 0.717) is 5.92 Å². The molecule has 4 rings (SSSR count). The molecule has 2 aliphatic carbocycles. The van der Waals surface area contributed by atoms with Crippen molar-refractivity contribution in [3.05, 3.63) is 34.9 Å². The molecule has 0 radical (unpaired) electrons. The van der Waals surface area contributed by atoms with Crippen LogP contribution in [0.5, 0.6) is 0 Å². The van der Waals surface area contributed by atoms with Crippen LogP contribution in [0.4, 0.5) is 4.79 Å². The fourth-order valence-electron chi connectivity index (χ4n) is 5.19. The first-order valence-electron chi connectivity index (χ1n) is 9.21. The van der Waals surface area contributed by atoms with Gasteiger partial charge in [-0.3, -0.25) is 10.1 Å². The van der Waals surface area contributed by atoms with Crippen molar-refractivity contribution >= 4 is 11.9 Å². The second-order valence-electron chi connectivity index (χ2n) is 8.12. The standard InChI is InChI=1S/C20H26N2O3/c1-12(2)13-4-5-14-11-19(8-6-15(25-3)7-9-19)20(16(14)10-13)17(23)21-18(24)22-20/h4-5,10,12,15H,6-9,11H2,1-3H3,(H2,21,22,23,24). The number of carbonyl (C=O) groups excluding carboxylic acids is 2. The van der Waals surface area contributed by atoms with Gasteiger partial charge in [-0.15, -0.1) is 0 Å². The Kier molecular flexibility index (Phi) is 3.69. The van der Waals surface area contributed by atoms with Crippen molar-refractivity contribution in [2.45, 2.75) is 63.5 Å². The second-order valence-corrected chi connectivity index (χ2v) is 8.12. The van der Waals surface area contributed by atoms with Gasteiger partial charge in [0.15, 0.2) is 5.54 Å². The lowest BCUT2D eigenvalue weighted by Crippen LogP contribution is -2.56. The molecule has 2 spiro atoms. The van der Waals surface area contributed by atoms with Gasteiger partial charge >= 0.3 is 6.03 Å². The molecule has 0 aromatic heterocycles. The van der Waals surface area contributed by atoms with Crippen molar-refractivity contribution in [2.24, 2.45) is 5.41 Å². The van der Waals surface area contributed by atoms with Crippen LogP contribution < -0.4 is 10.6 Å². The Balaban J connectivity index is 1.85. The molecule has 2 fully saturated rings. The quantitative estimate of drug-likeness (QED) is 0.812. The Morgan fingerprint density at radius 1 is 1.20 bits per heavy atom. The first-order chi connectivity index (χ1) is 11.9. The predicted molar refractivity (Wildman–Crippen MR) is 94.3 cm³/mol. The molecule has 1 saturated carbocycles. The summed E-state index contributed by atoms with van der Waals surface area (Å²) in [6.45, 7) is 4.30. The zero-order valence-corrected chi connectivity index (χ0v) is 15.1. The molecule has 5 heteroatoms. The summed E-state index contributed by atoms with van der Waals surface area (Å²) in [5.41, 5.74) is 2.21. The van der Waals surface area contributed by atoms with Gasteiger partial charge in [0, 0.05) is 12.5 Å². The molecule has 1 unspecified atom stereocenters. The summed E-state index contributed by atoms with van der Waals surface area (Å²) in [6.07, 6.45) is 4.69. The molecule has 5 nitrogen and oxygen atoms in total. The highest BCUT2D eigenvalue weighted by Gasteiger charge is 2.66. The summed E-state index contributed by atoms with van der Waals surface area (Å²) >= 11 is 0. The number of hydrogen-bond acceptors (Lipinski definition) is 3. The van der Waals surface area contributed by atoms with Gasteiger partial charge in [0.2, 0.25) is 0 Å². The van der Waals surface area contributed by atoms with Crippen LogP contribution in [0.2, 0.25) is 0 Å². The topological polar surface area (TPSA) is 67.4 Å². The zero-order chi connectivity index (χ0) is 17.8. The third kappa shape index (κ3) is 2.18. The number of methoxy groups -OCH3 is 1. The molecule has 1 aliphatic heterocycles. The summed E-state index contributed by atoms with van der Waals surface area (Å²) < 4.78 is 5.53. The molecule has 2 N–H and O–H groups in total. The fraction of sp³-hybridized carbons (Fsp3) is 0.600. The maximum absolute atomic E-state index is 13.1. The van der Waals surface area contributed by atoms with Crippen LogP contribution in [0.25, 0.3) is 0 Å². The Bertz CT molecular complexity index is 734. The van der Waals surface area contributed by atoms with Crippen molar-refractivity contribution in [2.75, 3.05) is 7.11 Å². The first kappa shape index (κ1) is 16.6. The number of amides is 3. The number of carbonyl (C=O) groups is 2. The molecule has 0 bridgehead atoms. The van der Waals surface area contributed by atoms with Crippen LogP contribution >= 0.6 is 0 Å². The van der Waals surface area contributed by atoms with E-state index in [9.17, 15) is 9.59 Å². The second kappa shape index (κ2) is 5.56. The molecule has 1 heterocycles. The van der Waals surface area contributed by atoms with Crippen molar-refractivity contribution in [3.63, 3.8) is 0 Å². The van der Waals surface area contributed by atoms with Crippen LogP contribution in [-0.2, 0) is 21.5 Å². The first-order valence-corrected chi connectivity index (χ1v) is 9.21. The number of benzene rings is 1. The van der Waals surface area contributed by atoms with E-state index in [1.807, 2.05) is 0 Å². The molecule has 25 heavy (non-hydrogen) atoms. The van der Waals surface area contributed by atoms with Gasteiger partial charge in [-0.2, -0.15) is 0 Å². The average molecular weight is 342 g/mol. The lowest BCUT2D eigenvalue weighted by atomic mass is 9.61. The van der Waals surface area contributed by atoms with Crippen molar-refractivity contribution in [1.29, 1.82) is 0 Å². The third-order valence-corrected chi connectivity index (χ3v) is 6.62. The molecule has 134 valence electrons. The van der Waals surface area contributed by atoms with Crippen molar-refractivity contribution in [1.82, 2.24) is 10.6 Å². The minimum Gasteiger partial charge on any atom is -0.381 e. The third-order valence-electron chi connectivity index (χ3n) is 6.62. The van der Waals surface area contributed by atoms with E-state index < -0.39 is 5.54 Å². The predicted octanol–water partition coefficient (Wildman–Crippen LogP) is 2.98. The fourth-order valence-corrected chi connectivity index (χ4v) is 5.19. The maximum Gasteiger partial charge on any atom is 0.322 e. The maximum atomic E-state index is 13.1. The van der Waals surface area contributed by atoms with Gasteiger partial charge < -0.3 is 10.1 Å². The number of ether oxygens (including phenoxy) is 1. The van der Waals surface area contributed by atoms with Gasteiger partial charge in [-0.25, -0.2) is 4.79 Å². The highest BCUT2D eigenvalue weighted by Crippen LogP contribution is 2.59. The number of hydrogen-bond donors (Lipinski definition) is 2. The van der Waals surface area contributed by atoms with Gasteiger partial charge in [0.1, 0.15) is 0 Å². The van der Waals surface area contributed by atoms with E-state index >= 15 is 0 Å². The number of urea groups is 1. The van der Waals surface area contributed by atoms with Crippen molar-refractivity contribution in [3.8, 4) is 0 Å². The van der Waals surface area contributed by atoms with Crippen LogP contribution in [0, 0.1) is 5.41 Å². The van der Waals surface area contributed by atoms with Gasteiger partial charge in [0.25, 0.3) is 5.91 Å². The van der Waals surface area contributed by atoms with E-state index in [2.05, 4.69) is 42.7 Å². The highest BCUT2D eigenvalue weighted by atomic mass is 16.5. The summed E-state index contributed by atoms with van der Waals surface area (Å²) in [5.74, 6) is 0.191. The van der Waals surface area contributed by atoms with Gasteiger partial charge in [0.05, 0.1) is 6.10 Å². The smallest absolute Gasteiger partial charge is 0.322 e. The largest absolute Gasteiger partial charge is 0.381 e. The summed E-state index contributed by atoms with van der Waals surface area (Å²) in [5, 5.41) is 5.57. The van der Waals surface area contributed by atoms with E-state index in [1.54, 1.807) is 7.11 Å². The van der Waals surface area contributed by atoms with E-state index in [4.69, 9.17) is 4.74 Å². The van der Waals surface area contributed by atoms with Gasteiger partial charge in [-0.1, -0.05) is 32.0 Å². The number of nitrogens with one attached hydrogen (secondary N) is 2. The summed E-state index contributed by atoms with van der Waals surface area (Å²) in [4.78, 5) is 25.2. The van der Waals surface area contributed by atoms with Crippen LogP contribution in [0.3, 0.4) is 0 Å². The Labute approximate surface area is 148 Å². The highest BCUT2D eigenvalue weighted by molar-refractivity contribution is 6.08. The SMILES string of the molecule is COC1CCC2(CC1)Cc1ccc(C(C)C)cc1C21NC(=O)NC1=O. The molecule has 1 aromatic rings. The Hall–Kier alpha value is -1.88. The summed E-state index contributed by atoms with van der Waals surface area (Å²) in [6, 6.07) is 6.08. The molecule has 1 atom stereocenters. The number of fused-ring (bicyclic) bond motifs is 3. The Morgan fingerprint density at radius 2 is 1.92 bits per heavy atom. The molecule has 1 aromatic carbocycles. The van der Waals surface area contributed by atoms with Crippen LogP contribution in [0.15, 0.2) is 18.2 Å². The van der Waals surface area contributed by atoms with Crippen molar-refractivity contribution < 1.29 is 14.3 Å². The van der Waals surface area contributed by atoms with E-state index in [-0.39, 0.29) is 23.5 Å². The van der Waals surface area contributed by atoms with Crippen LogP contribution in [0.1, 0.15) is 62.1 Å². The lowest BCUT2D eigenvalue weighted by molar-refractivity contribution is -0.131. The molecular formula is C20H26N2O3. The minimum absolute atomic E-state index is 0.187. The van der Waals surface area contributed by atoms with E-state index in [1.165, 1.54) is 11.1 Å². The lowest BCUT2D eigenvalue weighted by Gasteiger charge is -2.46. The molecule has 3 aliphatic rings. The minimum atomic E-state index is -0.928. The van der Waals surface area contributed by atoms with E-state index in [0.717, 1.165) is 37.7 Å². The zero-order valence-electron chi connectivity index (χ0n) is 15.1. The number of rotatable bonds is 2. The number of imide groups is 1. The van der Waals surface area contributed by atoms with Crippen LogP contribution in [-0.4, -0.2) is 25.2 Å². The normalized spacial score (nSPS) is 33.8.